The fourth-order valence-corrected chi connectivity index (χ4v) is 1.70. The van der Waals surface area contributed by atoms with Crippen LogP contribution in [0.2, 0.25) is 0 Å². The molecule has 0 spiro atoms. The molecule has 2 amide bonds. The second-order valence-corrected chi connectivity index (χ2v) is 3.96. The van der Waals surface area contributed by atoms with Crippen molar-refractivity contribution < 1.29 is 23.9 Å². The first-order valence-corrected chi connectivity index (χ1v) is 5.45. The van der Waals surface area contributed by atoms with Gasteiger partial charge in [-0.1, -0.05) is 0 Å². The fraction of sp³-hybridized carbons (Fsp3) is 0.364. The molecule has 0 aliphatic carbocycles. The molecule has 0 bridgehead atoms. The molecule has 1 fully saturated rings. The maximum atomic E-state index is 11.4. The van der Waals surface area contributed by atoms with Gasteiger partial charge in [0.2, 0.25) is 17.6 Å². The molecule has 7 nitrogen and oxygen atoms in total. The zero-order valence-electron chi connectivity index (χ0n) is 9.43. The predicted molar refractivity (Wildman–Crippen MR) is 58.7 cm³/mol. The zero-order valence-corrected chi connectivity index (χ0v) is 9.43. The van der Waals surface area contributed by atoms with Crippen molar-refractivity contribution in [2.24, 2.45) is 0 Å². The Bertz CT molecular complexity index is 493. The summed E-state index contributed by atoms with van der Waals surface area (Å²) >= 11 is 0. The number of imide groups is 1. The van der Waals surface area contributed by atoms with Crippen LogP contribution < -0.4 is 10.6 Å². The number of hydrogen-bond acceptors (Lipinski definition) is 5. The quantitative estimate of drug-likeness (QED) is 0.644. The van der Waals surface area contributed by atoms with Gasteiger partial charge >= 0.3 is 5.97 Å². The summed E-state index contributed by atoms with van der Waals surface area (Å²) in [5, 5.41) is 13.8. The predicted octanol–water partition coefficient (Wildman–Crippen LogP) is -0.127. The van der Waals surface area contributed by atoms with Gasteiger partial charge in [-0.2, -0.15) is 0 Å². The molecule has 3 N–H and O–H groups in total. The van der Waals surface area contributed by atoms with Gasteiger partial charge in [-0.25, -0.2) is 4.79 Å². The first kappa shape index (κ1) is 12.3. The number of hydrogen-bond donors (Lipinski definition) is 3. The Kier molecular flexibility index (Phi) is 3.42. The van der Waals surface area contributed by atoms with Crippen molar-refractivity contribution in [1.29, 1.82) is 0 Å². The van der Waals surface area contributed by atoms with E-state index in [1.54, 1.807) is 0 Å². The molecular weight excluding hydrogens is 240 g/mol. The van der Waals surface area contributed by atoms with Crippen molar-refractivity contribution in [3.63, 3.8) is 0 Å². The van der Waals surface area contributed by atoms with Gasteiger partial charge in [0.1, 0.15) is 5.76 Å². The van der Waals surface area contributed by atoms with Gasteiger partial charge in [0.25, 0.3) is 0 Å². The van der Waals surface area contributed by atoms with Crippen LogP contribution in [0, 0.1) is 0 Å². The van der Waals surface area contributed by atoms with Crippen molar-refractivity contribution in [3.8, 4) is 0 Å². The van der Waals surface area contributed by atoms with Crippen LogP contribution in [0.3, 0.4) is 0 Å². The number of rotatable bonds is 4. The molecule has 0 radical (unpaired) electrons. The second-order valence-electron chi connectivity index (χ2n) is 3.96. The lowest BCUT2D eigenvalue weighted by molar-refractivity contribution is -0.134. The van der Waals surface area contributed by atoms with Gasteiger partial charge < -0.3 is 9.52 Å². The summed E-state index contributed by atoms with van der Waals surface area (Å²) in [6, 6.07) is 2.42. The van der Waals surface area contributed by atoms with Crippen molar-refractivity contribution in [3.05, 3.63) is 23.7 Å². The van der Waals surface area contributed by atoms with Crippen LogP contribution in [0.25, 0.3) is 0 Å². The number of nitrogens with one attached hydrogen (secondary N) is 2. The van der Waals surface area contributed by atoms with Crippen molar-refractivity contribution in [2.75, 3.05) is 0 Å². The SMILES string of the molecule is O=C1CCC(NCc2ccc(C(=O)O)o2)C(=O)N1. The minimum atomic E-state index is -1.14. The van der Waals surface area contributed by atoms with Crippen LogP contribution in [0.4, 0.5) is 0 Å². The van der Waals surface area contributed by atoms with Crippen LogP contribution in [-0.2, 0) is 16.1 Å². The number of carbonyl (C=O) groups excluding carboxylic acids is 2. The molecular formula is C11H12N2O5. The van der Waals surface area contributed by atoms with Crippen LogP contribution in [0.1, 0.15) is 29.2 Å². The molecule has 1 aliphatic heterocycles. The number of aromatic carboxylic acids is 1. The van der Waals surface area contributed by atoms with Gasteiger partial charge in [-0.05, 0) is 18.6 Å². The van der Waals surface area contributed by atoms with Crippen LogP contribution in [0.5, 0.6) is 0 Å². The average Bonchev–Trinajstić information content (AvgIpc) is 2.76. The lowest BCUT2D eigenvalue weighted by atomic mass is 10.1. The van der Waals surface area contributed by atoms with Gasteiger partial charge in [0.15, 0.2) is 0 Å². The molecule has 2 heterocycles. The number of piperidine rings is 1. The number of carbonyl (C=O) groups is 3. The number of carboxylic acid groups (broad SMARTS) is 1. The van der Waals surface area contributed by atoms with E-state index >= 15 is 0 Å². The Hall–Kier alpha value is -2.15. The van der Waals surface area contributed by atoms with E-state index in [2.05, 4.69) is 10.6 Å². The Morgan fingerprint density at radius 1 is 1.50 bits per heavy atom. The lowest BCUT2D eigenvalue weighted by Gasteiger charge is -2.21. The van der Waals surface area contributed by atoms with Gasteiger partial charge in [0, 0.05) is 6.42 Å². The summed E-state index contributed by atoms with van der Waals surface area (Å²) in [6.07, 6.45) is 0.721. The van der Waals surface area contributed by atoms with E-state index in [0.29, 0.717) is 18.6 Å². The average molecular weight is 252 g/mol. The van der Waals surface area contributed by atoms with E-state index in [0.717, 1.165) is 0 Å². The van der Waals surface area contributed by atoms with E-state index in [1.807, 2.05) is 0 Å². The fourth-order valence-electron chi connectivity index (χ4n) is 1.70. The molecule has 0 aromatic carbocycles. The molecule has 7 heteroatoms. The van der Waals surface area contributed by atoms with E-state index in [-0.39, 0.29) is 24.1 Å². The monoisotopic (exact) mass is 252 g/mol. The molecule has 0 saturated carbocycles. The lowest BCUT2D eigenvalue weighted by Crippen LogP contribution is -2.50. The Morgan fingerprint density at radius 3 is 2.89 bits per heavy atom. The van der Waals surface area contributed by atoms with Gasteiger partial charge in [-0.3, -0.25) is 20.2 Å². The first-order valence-electron chi connectivity index (χ1n) is 5.45. The highest BCUT2D eigenvalue weighted by Crippen LogP contribution is 2.09. The normalized spacial score (nSPS) is 19.7. The molecule has 1 atom stereocenters. The first-order chi connectivity index (χ1) is 8.56. The minimum Gasteiger partial charge on any atom is -0.475 e. The van der Waals surface area contributed by atoms with E-state index < -0.39 is 12.0 Å². The third-order valence-electron chi connectivity index (χ3n) is 2.63. The molecule has 1 saturated heterocycles. The van der Waals surface area contributed by atoms with Gasteiger partial charge in [0.05, 0.1) is 12.6 Å². The number of furan rings is 1. The topological polar surface area (TPSA) is 109 Å². The highest BCUT2D eigenvalue weighted by atomic mass is 16.4. The van der Waals surface area contributed by atoms with Crippen LogP contribution >= 0.6 is 0 Å². The Labute approximate surface area is 102 Å². The van der Waals surface area contributed by atoms with Crippen molar-refractivity contribution in [2.45, 2.75) is 25.4 Å². The van der Waals surface area contributed by atoms with Crippen molar-refractivity contribution in [1.82, 2.24) is 10.6 Å². The minimum absolute atomic E-state index is 0.143. The van der Waals surface area contributed by atoms with E-state index in [9.17, 15) is 14.4 Å². The zero-order chi connectivity index (χ0) is 13.1. The third-order valence-corrected chi connectivity index (χ3v) is 2.63. The molecule has 1 aromatic heterocycles. The number of amides is 2. The maximum Gasteiger partial charge on any atom is 0.371 e. The highest BCUT2D eigenvalue weighted by Gasteiger charge is 2.26. The smallest absolute Gasteiger partial charge is 0.371 e. The summed E-state index contributed by atoms with van der Waals surface area (Å²) in [5.74, 6) is -1.49. The van der Waals surface area contributed by atoms with Gasteiger partial charge in [-0.15, -0.1) is 0 Å². The second kappa shape index (κ2) is 5.01. The van der Waals surface area contributed by atoms with E-state index in [4.69, 9.17) is 9.52 Å². The highest BCUT2D eigenvalue weighted by molar-refractivity contribution is 6.00. The Morgan fingerprint density at radius 2 is 2.28 bits per heavy atom. The third kappa shape index (κ3) is 2.75. The number of carboxylic acids is 1. The molecule has 18 heavy (non-hydrogen) atoms. The van der Waals surface area contributed by atoms with Crippen molar-refractivity contribution >= 4 is 17.8 Å². The largest absolute Gasteiger partial charge is 0.475 e. The summed E-state index contributed by atoms with van der Waals surface area (Å²) in [5.41, 5.74) is 0. The molecule has 1 aromatic rings. The molecule has 1 unspecified atom stereocenters. The summed E-state index contributed by atoms with van der Waals surface area (Å²) in [4.78, 5) is 32.9. The van der Waals surface area contributed by atoms with E-state index in [1.165, 1.54) is 12.1 Å². The Balaban J connectivity index is 1.89. The summed E-state index contributed by atoms with van der Waals surface area (Å²) in [7, 11) is 0. The van der Waals surface area contributed by atoms with Crippen LogP contribution in [0.15, 0.2) is 16.5 Å². The standard InChI is InChI=1S/C11H12N2O5/c14-9-4-2-7(10(15)13-9)12-5-6-1-3-8(18-6)11(16)17/h1,3,7,12H,2,4-5H2,(H,16,17)(H,13,14,15). The molecule has 1 aliphatic rings. The maximum absolute atomic E-state index is 11.4. The summed E-state index contributed by atoms with van der Waals surface area (Å²) < 4.78 is 5.03. The molecule has 96 valence electrons. The van der Waals surface area contributed by atoms with Crippen LogP contribution in [-0.4, -0.2) is 28.9 Å². The summed E-state index contributed by atoms with van der Waals surface area (Å²) in [6.45, 7) is 0.236. The molecule has 2 rings (SSSR count).